The molecule has 3 heteroatoms. The van der Waals surface area contributed by atoms with Crippen LogP contribution in [0.2, 0.25) is 0 Å². The molecule has 0 spiro atoms. The van der Waals surface area contributed by atoms with E-state index >= 15 is 0 Å². The zero-order valence-electron chi connectivity index (χ0n) is 8.03. The summed E-state index contributed by atoms with van der Waals surface area (Å²) in [6.07, 6.45) is 0. The Balaban J connectivity index is 0.000000671. The van der Waals surface area contributed by atoms with Gasteiger partial charge in [0.1, 0.15) is 18.1 Å². The third-order valence-electron chi connectivity index (χ3n) is 1.20. The standard InChI is InChI=1S/C8H10O3.C2H6/c9-5-6-11-8-3-1-7(10)2-4-8;1-2/h1-4,9-10H,5-6H2;1-2H3. The largest absolute Gasteiger partial charge is 0.508 e. The van der Waals surface area contributed by atoms with Crippen molar-refractivity contribution in [3.05, 3.63) is 24.3 Å². The van der Waals surface area contributed by atoms with Gasteiger partial charge in [0.2, 0.25) is 0 Å². The van der Waals surface area contributed by atoms with E-state index < -0.39 is 0 Å². The Hall–Kier alpha value is -1.22. The summed E-state index contributed by atoms with van der Waals surface area (Å²) in [7, 11) is 0. The lowest BCUT2D eigenvalue weighted by atomic mass is 10.3. The molecule has 74 valence electrons. The lowest BCUT2D eigenvalue weighted by Crippen LogP contribution is -2.00. The molecular formula is C10H16O3. The molecule has 2 N–H and O–H groups in total. The van der Waals surface area contributed by atoms with E-state index in [0.717, 1.165) is 0 Å². The molecule has 3 nitrogen and oxygen atoms in total. The summed E-state index contributed by atoms with van der Waals surface area (Å²) < 4.78 is 5.05. The number of benzene rings is 1. The molecule has 0 saturated heterocycles. The number of hydrogen-bond acceptors (Lipinski definition) is 3. The van der Waals surface area contributed by atoms with Gasteiger partial charge in [-0.3, -0.25) is 0 Å². The summed E-state index contributed by atoms with van der Waals surface area (Å²) in [5, 5.41) is 17.3. The number of phenols is 1. The molecule has 0 heterocycles. The first-order valence-corrected chi connectivity index (χ1v) is 4.35. The molecule has 0 fully saturated rings. The Bertz CT molecular complexity index is 206. The van der Waals surface area contributed by atoms with Crippen molar-refractivity contribution < 1.29 is 14.9 Å². The minimum absolute atomic E-state index is 0.000869. The van der Waals surface area contributed by atoms with Crippen LogP contribution in [0.5, 0.6) is 11.5 Å². The molecule has 0 aliphatic carbocycles. The summed E-state index contributed by atoms with van der Waals surface area (Å²) in [4.78, 5) is 0. The molecule has 0 saturated carbocycles. The van der Waals surface area contributed by atoms with Crippen molar-refractivity contribution >= 4 is 0 Å². The maximum absolute atomic E-state index is 8.88. The fourth-order valence-electron chi connectivity index (χ4n) is 0.706. The fourth-order valence-corrected chi connectivity index (χ4v) is 0.706. The van der Waals surface area contributed by atoms with Gasteiger partial charge in [-0.05, 0) is 24.3 Å². The lowest BCUT2D eigenvalue weighted by Gasteiger charge is -2.02. The molecule has 0 atom stereocenters. The second kappa shape index (κ2) is 7.43. The average Bonchev–Trinajstić information content (AvgIpc) is 2.20. The van der Waals surface area contributed by atoms with Gasteiger partial charge in [0.25, 0.3) is 0 Å². The minimum Gasteiger partial charge on any atom is -0.508 e. The zero-order chi connectivity index (χ0) is 10.1. The van der Waals surface area contributed by atoms with E-state index in [1.54, 1.807) is 12.1 Å². The predicted octanol–water partition coefficient (Wildman–Crippen LogP) is 1.79. The molecule has 0 aliphatic heterocycles. The van der Waals surface area contributed by atoms with Crippen LogP contribution in [0.1, 0.15) is 13.8 Å². The Morgan fingerprint density at radius 2 is 1.69 bits per heavy atom. The molecule has 0 amide bonds. The van der Waals surface area contributed by atoms with E-state index in [1.165, 1.54) is 12.1 Å². The van der Waals surface area contributed by atoms with E-state index in [1.807, 2.05) is 13.8 Å². The van der Waals surface area contributed by atoms with Crippen molar-refractivity contribution in [3.63, 3.8) is 0 Å². The third kappa shape index (κ3) is 5.09. The highest BCUT2D eigenvalue weighted by atomic mass is 16.5. The molecule has 1 aromatic rings. The van der Waals surface area contributed by atoms with Gasteiger partial charge in [0.15, 0.2) is 0 Å². The molecule has 1 aromatic carbocycles. The molecule has 0 bridgehead atoms. The van der Waals surface area contributed by atoms with Crippen LogP contribution in [0.25, 0.3) is 0 Å². The molecule has 0 unspecified atom stereocenters. The van der Waals surface area contributed by atoms with Gasteiger partial charge in [-0.25, -0.2) is 0 Å². The second-order valence-corrected chi connectivity index (χ2v) is 2.07. The van der Waals surface area contributed by atoms with Crippen LogP contribution >= 0.6 is 0 Å². The number of aliphatic hydroxyl groups is 1. The monoisotopic (exact) mass is 184 g/mol. The molecule has 13 heavy (non-hydrogen) atoms. The van der Waals surface area contributed by atoms with Crippen molar-refractivity contribution in [2.24, 2.45) is 0 Å². The van der Waals surface area contributed by atoms with Crippen LogP contribution in [0.4, 0.5) is 0 Å². The second-order valence-electron chi connectivity index (χ2n) is 2.07. The van der Waals surface area contributed by atoms with E-state index in [2.05, 4.69) is 0 Å². The highest BCUT2D eigenvalue weighted by Crippen LogP contribution is 2.15. The maximum atomic E-state index is 8.88. The van der Waals surface area contributed by atoms with E-state index in [0.29, 0.717) is 5.75 Å². The van der Waals surface area contributed by atoms with Gasteiger partial charge < -0.3 is 14.9 Å². The Morgan fingerprint density at radius 1 is 1.15 bits per heavy atom. The number of phenolic OH excluding ortho intramolecular Hbond substituents is 1. The summed E-state index contributed by atoms with van der Waals surface area (Å²) in [5.41, 5.74) is 0. The lowest BCUT2D eigenvalue weighted by molar-refractivity contribution is 0.201. The first-order chi connectivity index (χ1) is 6.33. The van der Waals surface area contributed by atoms with Gasteiger partial charge in [0.05, 0.1) is 6.61 Å². The molecule has 0 aliphatic rings. The van der Waals surface area contributed by atoms with Crippen LogP contribution < -0.4 is 4.74 Å². The van der Waals surface area contributed by atoms with Gasteiger partial charge in [-0.15, -0.1) is 0 Å². The number of aliphatic hydroxyl groups excluding tert-OH is 1. The van der Waals surface area contributed by atoms with Crippen molar-refractivity contribution in [3.8, 4) is 11.5 Å². The Labute approximate surface area is 78.6 Å². The van der Waals surface area contributed by atoms with Gasteiger partial charge in [-0.1, -0.05) is 13.8 Å². The van der Waals surface area contributed by atoms with Gasteiger partial charge in [0, 0.05) is 0 Å². The van der Waals surface area contributed by atoms with Crippen molar-refractivity contribution in [1.29, 1.82) is 0 Å². The topological polar surface area (TPSA) is 49.7 Å². The highest BCUT2D eigenvalue weighted by molar-refractivity contribution is 5.29. The smallest absolute Gasteiger partial charge is 0.119 e. The van der Waals surface area contributed by atoms with E-state index in [9.17, 15) is 0 Å². The first-order valence-electron chi connectivity index (χ1n) is 4.35. The van der Waals surface area contributed by atoms with Crippen molar-refractivity contribution in [1.82, 2.24) is 0 Å². The van der Waals surface area contributed by atoms with Gasteiger partial charge in [-0.2, -0.15) is 0 Å². The average molecular weight is 184 g/mol. The Kier molecular flexibility index (Phi) is 6.73. The number of rotatable bonds is 3. The van der Waals surface area contributed by atoms with Crippen LogP contribution in [0.3, 0.4) is 0 Å². The summed E-state index contributed by atoms with van der Waals surface area (Å²) in [6, 6.07) is 6.36. The first kappa shape index (κ1) is 11.8. The maximum Gasteiger partial charge on any atom is 0.119 e. The van der Waals surface area contributed by atoms with Crippen LogP contribution in [-0.2, 0) is 0 Å². The minimum atomic E-state index is 0.000869. The normalized spacial score (nSPS) is 8.54. The van der Waals surface area contributed by atoms with E-state index in [-0.39, 0.29) is 19.0 Å². The number of ether oxygens (including phenoxy) is 1. The highest BCUT2D eigenvalue weighted by Gasteiger charge is 1.91. The van der Waals surface area contributed by atoms with Crippen molar-refractivity contribution in [2.45, 2.75) is 13.8 Å². The summed E-state index contributed by atoms with van der Waals surface area (Å²) in [5.74, 6) is 0.859. The van der Waals surface area contributed by atoms with Crippen LogP contribution in [-0.4, -0.2) is 23.4 Å². The van der Waals surface area contributed by atoms with E-state index in [4.69, 9.17) is 14.9 Å². The van der Waals surface area contributed by atoms with Crippen LogP contribution in [0, 0.1) is 0 Å². The molecular weight excluding hydrogens is 168 g/mol. The molecule has 1 rings (SSSR count). The van der Waals surface area contributed by atoms with Gasteiger partial charge >= 0.3 is 0 Å². The summed E-state index contributed by atoms with van der Waals surface area (Å²) >= 11 is 0. The zero-order valence-corrected chi connectivity index (χ0v) is 8.03. The number of hydrogen-bond donors (Lipinski definition) is 2. The quantitative estimate of drug-likeness (QED) is 0.753. The fraction of sp³-hybridized carbons (Fsp3) is 0.400. The Morgan fingerprint density at radius 3 is 2.15 bits per heavy atom. The molecule has 0 radical (unpaired) electrons. The third-order valence-corrected chi connectivity index (χ3v) is 1.20. The van der Waals surface area contributed by atoms with Crippen LogP contribution in [0.15, 0.2) is 24.3 Å². The van der Waals surface area contributed by atoms with Crippen molar-refractivity contribution in [2.75, 3.05) is 13.2 Å². The summed E-state index contributed by atoms with van der Waals surface area (Å²) in [6.45, 7) is 4.28. The SMILES string of the molecule is CC.OCCOc1ccc(O)cc1. The molecule has 0 aromatic heterocycles. The number of aromatic hydroxyl groups is 1. The predicted molar refractivity (Wildman–Crippen MR) is 52.0 cm³/mol.